The smallest absolute Gasteiger partial charge is 0.0865 e. The molecule has 16 heavy (non-hydrogen) atoms. The van der Waals surface area contributed by atoms with Gasteiger partial charge in [-0.2, -0.15) is 0 Å². The molecule has 1 aliphatic rings. The van der Waals surface area contributed by atoms with Gasteiger partial charge < -0.3 is 10.5 Å². The van der Waals surface area contributed by atoms with E-state index in [0.29, 0.717) is 11.8 Å². The number of ether oxygens (including phenoxy) is 1. The van der Waals surface area contributed by atoms with Gasteiger partial charge in [0.1, 0.15) is 0 Å². The van der Waals surface area contributed by atoms with Crippen LogP contribution in [0.5, 0.6) is 0 Å². The van der Waals surface area contributed by atoms with E-state index < -0.39 is 0 Å². The van der Waals surface area contributed by atoms with E-state index in [2.05, 4.69) is 38.1 Å². The Morgan fingerprint density at radius 3 is 2.56 bits per heavy atom. The van der Waals surface area contributed by atoms with Crippen LogP contribution in [0, 0.1) is 5.92 Å². The third-order valence-electron chi connectivity index (χ3n) is 3.45. The zero-order valence-electron chi connectivity index (χ0n) is 10.1. The Hall–Kier alpha value is -0.860. The van der Waals surface area contributed by atoms with Gasteiger partial charge in [-0.25, -0.2) is 0 Å². The van der Waals surface area contributed by atoms with Gasteiger partial charge in [0.2, 0.25) is 0 Å². The third-order valence-corrected chi connectivity index (χ3v) is 3.45. The zero-order valence-corrected chi connectivity index (χ0v) is 10.1. The van der Waals surface area contributed by atoms with E-state index in [4.69, 9.17) is 10.5 Å². The molecule has 2 unspecified atom stereocenters. The highest BCUT2D eigenvalue weighted by atomic mass is 16.5. The lowest BCUT2D eigenvalue weighted by Crippen LogP contribution is -2.17. The minimum atomic E-state index is 0.214. The molecule has 2 atom stereocenters. The summed E-state index contributed by atoms with van der Waals surface area (Å²) in [5.41, 5.74) is 8.42. The zero-order chi connectivity index (χ0) is 11.5. The summed E-state index contributed by atoms with van der Waals surface area (Å²) in [5, 5.41) is 0. The highest BCUT2D eigenvalue weighted by Gasteiger charge is 2.28. The maximum Gasteiger partial charge on any atom is 0.0865 e. The van der Waals surface area contributed by atoms with Crippen molar-refractivity contribution in [3.8, 4) is 0 Å². The van der Waals surface area contributed by atoms with Gasteiger partial charge in [0.05, 0.1) is 6.10 Å². The quantitative estimate of drug-likeness (QED) is 0.848. The van der Waals surface area contributed by atoms with Gasteiger partial charge in [-0.15, -0.1) is 0 Å². The summed E-state index contributed by atoms with van der Waals surface area (Å²) in [6, 6.07) is 8.78. The summed E-state index contributed by atoms with van der Waals surface area (Å²) in [6.07, 6.45) is 1.30. The molecule has 2 rings (SSSR count). The Labute approximate surface area is 97.8 Å². The minimum Gasteiger partial charge on any atom is -0.373 e. The molecule has 0 amide bonds. The van der Waals surface area contributed by atoms with Crippen LogP contribution in [0.1, 0.15) is 43.4 Å². The highest BCUT2D eigenvalue weighted by molar-refractivity contribution is 5.27. The second kappa shape index (κ2) is 4.98. The first-order valence-electron chi connectivity index (χ1n) is 6.14. The number of rotatable bonds is 3. The van der Waals surface area contributed by atoms with Crippen LogP contribution in [0.2, 0.25) is 0 Å². The summed E-state index contributed by atoms with van der Waals surface area (Å²) in [6.45, 7) is 5.99. The van der Waals surface area contributed by atoms with E-state index in [1.165, 1.54) is 11.1 Å². The topological polar surface area (TPSA) is 35.2 Å². The lowest BCUT2D eigenvalue weighted by Gasteiger charge is -2.18. The molecule has 1 aromatic carbocycles. The van der Waals surface area contributed by atoms with E-state index in [1.54, 1.807) is 0 Å². The first kappa shape index (κ1) is 11.6. The number of hydrogen-bond acceptors (Lipinski definition) is 2. The number of hydrogen-bond donors (Lipinski definition) is 1. The minimum absolute atomic E-state index is 0.214. The monoisotopic (exact) mass is 219 g/mol. The van der Waals surface area contributed by atoms with Crippen LogP contribution in [-0.2, 0) is 4.74 Å². The van der Waals surface area contributed by atoms with E-state index >= 15 is 0 Å². The molecule has 1 heterocycles. The maximum absolute atomic E-state index is 5.76. The summed E-state index contributed by atoms with van der Waals surface area (Å²) < 4.78 is 5.76. The van der Waals surface area contributed by atoms with Crippen molar-refractivity contribution in [3.63, 3.8) is 0 Å². The summed E-state index contributed by atoms with van der Waals surface area (Å²) in [5.74, 6) is 1.08. The van der Waals surface area contributed by atoms with Gasteiger partial charge in [0.25, 0.3) is 0 Å². The lowest BCUT2D eigenvalue weighted by atomic mass is 9.93. The van der Waals surface area contributed by atoms with Crippen molar-refractivity contribution in [2.24, 2.45) is 11.7 Å². The molecule has 0 aliphatic carbocycles. The Morgan fingerprint density at radius 2 is 2.00 bits per heavy atom. The molecule has 0 aromatic heterocycles. The Morgan fingerprint density at radius 1 is 1.31 bits per heavy atom. The van der Waals surface area contributed by atoms with Crippen LogP contribution in [0.3, 0.4) is 0 Å². The molecular weight excluding hydrogens is 198 g/mol. The largest absolute Gasteiger partial charge is 0.373 e. The van der Waals surface area contributed by atoms with E-state index in [1.807, 2.05) is 0 Å². The predicted octanol–water partition coefficient (Wildman–Crippen LogP) is 2.85. The number of benzene rings is 1. The standard InChI is InChI=1S/C14H21NO/c1-10(2)11-3-5-12(6-4-11)14-13(9-15)7-8-16-14/h3-6,10,13-14H,7-9,15H2,1-2H3. The van der Waals surface area contributed by atoms with Crippen molar-refractivity contribution in [1.82, 2.24) is 0 Å². The van der Waals surface area contributed by atoms with Crippen molar-refractivity contribution < 1.29 is 4.74 Å². The van der Waals surface area contributed by atoms with Crippen LogP contribution in [0.15, 0.2) is 24.3 Å². The van der Waals surface area contributed by atoms with Crippen molar-refractivity contribution in [2.75, 3.05) is 13.2 Å². The van der Waals surface area contributed by atoms with Crippen molar-refractivity contribution in [1.29, 1.82) is 0 Å². The molecule has 1 aromatic rings. The third kappa shape index (κ3) is 2.28. The first-order valence-corrected chi connectivity index (χ1v) is 6.14. The van der Waals surface area contributed by atoms with Crippen LogP contribution in [0.25, 0.3) is 0 Å². The van der Waals surface area contributed by atoms with E-state index in [9.17, 15) is 0 Å². The van der Waals surface area contributed by atoms with Gasteiger partial charge in [0, 0.05) is 12.5 Å². The molecule has 88 valence electrons. The van der Waals surface area contributed by atoms with Crippen LogP contribution in [0.4, 0.5) is 0 Å². The average molecular weight is 219 g/mol. The average Bonchev–Trinajstić information content (AvgIpc) is 2.77. The SMILES string of the molecule is CC(C)c1ccc(C2OCCC2CN)cc1. The molecule has 0 radical (unpaired) electrons. The summed E-state index contributed by atoms with van der Waals surface area (Å²) in [4.78, 5) is 0. The second-order valence-corrected chi connectivity index (χ2v) is 4.90. The van der Waals surface area contributed by atoms with Crippen molar-refractivity contribution in [2.45, 2.75) is 32.3 Å². The second-order valence-electron chi connectivity index (χ2n) is 4.90. The molecule has 0 spiro atoms. The van der Waals surface area contributed by atoms with Gasteiger partial charge >= 0.3 is 0 Å². The fraction of sp³-hybridized carbons (Fsp3) is 0.571. The van der Waals surface area contributed by atoms with E-state index in [0.717, 1.165) is 19.6 Å². The molecule has 1 saturated heterocycles. The fourth-order valence-electron chi connectivity index (χ4n) is 2.31. The van der Waals surface area contributed by atoms with Crippen LogP contribution < -0.4 is 5.73 Å². The van der Waals surface area contributed by atoms with Crippen molar-refractivity contribution in [3.05, 3.63) is 35.4 Å². The Balaban J connectivity index is 2.15. The molecule has 0 saturated carbocycles. The molecule has 0 bridgehead atoms. The molecular formula is C14H21NO. The maximum atomic E-state index is 5.76. The Bertz CT molecular complexity index is 331. The Kier molecular flexibility index (Phi) is 3.62. The van der Waals surface area contributed by atoms with Gasteiger partial charge in [-0.05, 0) is 30.0 Å². The molecule has 2 nitrogen and oxygen atoms in total. The normalized spacial score (nSPS) is 25.2. The van der Waals surface area contributed by atoms with E-state index in [-0.39, 0.29) is 6.10 Å². The molecule has 1 aliphatic heterocycles. The summed E-state index contributed by atoms with van der Waals surface area (Å²) >= 11 is 0. The first-order chi connectivity index (χ1) is 7.72. The lowest BCUT2D eigenvalue weighted by molar-refractivity contribution is 0.0925. The van der Waals surface area contributed by atoms with Gasteiger partial charge in [-0.1, -0.05) is 38.1 Å². The molecule has 2 N–H and O–H groups in total. The summed E-state index contributed by atoms with van der Waals surface area (Å²) in [7, 11) is 0. The predicted molar refractivity (Wildman–Crippen MR) is 66.4 cm³/mol. The number of nitrogens with two attached hydrogens (primary N) is 1. The van der Waals surface area contributed by atoms with Crippen LogP contribution >= 0.6 is 0 Å². The van der Waals surface area contributed by atoms with Crippen molar-refractivity contribution >= 4 is 0 Å². The van der Waals surface area contributed by atoms with Crippen LogP contribution in [-0.4, -0.2) is 13.2 Å². The highest BCUT2D eigenvalue weighted by Crippen LogP contribution is 2.34. The fourth-order valence-corrected chi connectivity index (χ4v) is 2.31. The van der Waals surface area contributed by atoms with Gasteiger partial charge in [0.15, 0.2) is 0 Å². The molecule has 2 heteroatoms. The van der Waals surface area contributed by atoms with Gasteiger partial charge in [-0.3, -0.25) is 0 Å². The molecule has 1 fully saturated rings.